The van der Waals surface area contributed by atoms with Crippen molar-refractivity contribution in [1.29, 1.82) is 0 Å². The van der Waals surface area contributed by atoms with E-state index in [1.54, 1.807) is 12.4 Å². The van der Waals surface area contributed by atoms with Crippen LogP contribution < -0.4 is 0 Å². The van der Waals surface area contributed by atoms with Crippen molar-refractivity contribution >= 4 is 34.9 Å². The normalized spacial score (nSPS) is 10.9. The minimum atomic E-state index is 0.635. The molecule has 0 aliphatic heterocycles. The Morgan fingerprint density at radius 3 is 3.00 bits per heavy atom. The Kier molecular flexibility index (Phi) is 2.46. The number of nitrogens with one attached hydrogen (secondary N) is 1. The van der Waals surface area contributed by atoms with Gasteiger partial charge in [-0.15, -0.1) is 0 Å². The zero-order chi connectivity index (χ0) is 11.8. The highest BCUT2D eigenvalue weighted by molar-refractivity contribution is 7.71. The molecule has 5 heteroatoms. The molecular weight excluding hydrogens is 254 g/mol. The summed E-state index contributed by atoms with van der Waals surface area (Å²) in [4.78, 5) is 7.18. The summed E-state index contributed by atoms with van der Waals surface area (Å²) in [5, 5.41) is 0.688. The van der Waals surface area contributed by atoms with Crippen LogP contribution in [0.25, 0.3) is 16.7 Å². The highest BCUT2D eigenvalue weighted by atomic mass is 35.5. The highest BCUT2D eigenvalue weighted by Gasteiger charge is 2.06. The van der Waals surface area contributed by atoms with Gasteiger partial charge >= 0.3 is 0 Å². The van der Waals surface area contributed by atoms with Crippen molar-refractivity contribution in [2.45, 2.75) is 0 Å². The van der Waals surface area contributed by atoms with Crippen LogP contribution in [0.2, 0.25) is 5.02 Å². The number of H-pyrrole nitrogens is 1. The monoisotopic (exact) mass is 261 g/mol. The second kappa shape index (κ2) is 3.98. The molecule has 3 rings (SSSR count). The molecule has 84 valence electrons. The largest absolute Gasteiger partial charge is 0.329 e. The van der Waals surface area contributed by atoms with E-state index in [9.17, 15) is 0 Å². The predicted octanol–water partition coefficient (Wildman–Crippen LogP) is 3.74. The second-order valence-corrected chi connectivity index (χ2v) is 4.46. The van der Waals surface area contributed by atoms with E-state index in [4.69, 9.17) is 23.8 Å². The van der Waals surface area contributed by atoms with Gasteiger partial charge in [0.2, 0.25) is 0 Å². The van der Waals surface area contributed by atoms with Gasteiger partial charge < -0.3 is 4.98 Å². The fourth-order valence-electron chi connectivity index (χ4n) is 1.83. The third kappa shape index (κ3) is 1.75. The highest BCUT2D eigenvalue weighted by Crippen LogP contribution is 2.20. The summed E-state index contributed by atoms with van der Waals surface area (Å²) in [6.45, 7) is 0. The van der Waals surface area contributed by atoms with Crippen molar-refractivity contribution in [3.05, 3.63) is 52.5 Å². The van der Waals surface area contributed by atoms with Crippen molar-refractivity contribution in [2.75, 3.05) is 0 Å². The van der Waals surface area contributed by atoms with Crippen molar-refractivity contribution in [2.24, 2.45) is 0 Å². The lowest BCUT2D eigenvalue weighted by Gasteiger charge is -2.04. The number of imidazole rings is 1. The molecule has 0 fully saturated rings. The van der Waals surface area contributed by atoms with Crippen molar-refractivity contribution < 1.29 is 0 Å². The zero-order valence-electron chi connectivity index (χ0n) is 8.72. The average molecular weight is 262 g/mol. The lowest BCUT2D eigenvalue weighted by atomic mass is 10.3. The van der Waals surface area contributed by atoms with Gasteiger partial charge in [0.1, 0.15) is 0 Å². The molecule has 0 atom stereocenters. The smallest absolute Gasteiger partial charge is 0.182 e. The molecule has 3 nitrogen and oxygen atoms in total. The van der Waals surface area contributed by atoms with Crippen LogP contribution in [0.15, 0.2) is 42.7 Å². The van der Waals surface area contributed by atoms with Crippen LogP contribution in [0.4, 0.5) is 0 Å². The lowest BCUT2D eigenvalue weighted by Crippen LogP contribution is -1.93. The maximum atomic E-state index is 6.00. The first-order valence-corrected chi connectivity index (χ1v) is 5.85. The molecule has 0 saturated carbocycles. The van der Waals surface area contributed by atoms with Crippen molar-refractivity contribution in [3.8, 4) is 5.69 Å². The Morgan fingerprint density at radius 2 is 2.18 bits per heavy atom. The molecule has 0 amide bonds. The van der Waals surface area contributed by atoms with Gasteiger partial charge in [-0.3, -0.25) is 9.55 Å². The minimum absolute atomic E-state index is 0.635. The number of aromatic amines is 1. The first kappa shape index (κ1) is 10.5. The summed E-state index contributed by atoms with van der Waals surface area (Å²) in [6, 6.07) is 9.51. The van der Waals surface area contributed by atoms with E-state index in [-0.39, 0.29) is 0 Å². The number of benzene rings is 1. The minimum Gasteiger partial charge on any atom is -0.329 e. The van der Waals surface area contributed by atoms with Crippen LogP contribution in [0.3, 0.4) is 0 Å². The molecule has 0 unspecified atom stereocenters. The molecular formula is C12H8ClN3S. The van der Waals surface area contributed by atoms with E-state index in [1.165, 1.54) is 0 Å². The number of aromatic nitrogens is 3. The summed E-state index contributed by atoms with van der Waals surface area (Å²) in [5.74, 6) is 0. The third-order valence-corrected chi connectivity index (χ3v) is 3.07. The lowest BCUT2D eigenvalue weighted by molar-refractivity contribution is 1.06. The van der Waals surface area contributed by atoms with Gasteiger partial charge in [-0.05, 0) is 36.5 Å². The van der Waals surface area contributed by atoms with Crippen molar-refractivity contribution in [1.82, 2.24) is 14.5 Å². The van der Waals surface area contributed by atoms with Crippen LogP contribution >= 0.6 is 23.8 Å². The maximum Gasteiger partial charge on any atom is 0.182 e. The Bertz CT molecular complexity index is 745. The number of hydrogen-bond acceptors (Lipinski definition) is 2. The van der Waals surface area contributed by atoms with Gasteiger partial charge in [0.15, 0.2) is 4.77 Å². The molecule has 0 bridgehead atoms. The number of rotatable bonds is 1. The van der Waals surface area contributed by atoms with E-state index < -0.39 is 0 Å². The second-order valence-electron chi connectivity index (χ2n) is 3.64. The van der Waals surface area contributed by atoms with E-state index in [1.807, 2.05) is 34.9 Å². The van der Waals surface area contributed by atoms with E-state index in [2.05, 4.69) is 9.97 Å². The maximum absolute atomic E-state index is 6.00. The molecule has 3 aromatic rings. The van der Waals surface area contributed by atoms with E-state index in [0.717, 1.165) is 16.7 Å². The third-order valence-electron chi connectivity index (χ3n) is 2.55. The number of hydrogen-bond donors (Lipinski definition) is 1. The molecule has 1 N–H and O–H groups in total. The van der Waals surface area contributed by atoms with Gasteiger partial charge in [0, 0.05) is 16.9 Å². The van der Waals surface area contributed by atoms with Gasteiger partial charge in [-0.25, -0.2) is 0 Å². The Hall–Kier alpha value is -1.65. The number of nitrogens with zero attached hydrogens (tertiary/aromatic N) is 2. The van der Waals surface area contributed by atoms with Crippen LogP contribution in [-0.2, 0) is 0 Å². The molecule has 1 aromatic carbocycles. The molecule has 0 aliphatic rings. The van der Waals surface area contributed by atoms with Gasteiger partial charge in [-0.1, -0.05) is 17.7 Å². The van der Waals surface area contributed by atoms with E-state index in [0.29, 0.717) is 9.79 Å². The predicted molar refractivity (Wildman–Crippen MR) is 71.3 cm³/mol. The van der Waals surface area contributed by atoms with Gasteiger partial charge in [-0.2, -0.15) is 0 Å². The fraction of sp³-hybridized carbons (Fsp3) is 0. The van der Waals surface area contributed by atoms with E-state index >= 15 is 0 Å². The zero-order valence-corrected chi connectivity index (χ0v) is 10.3. The average Bonchev–Trinajstić information content (AvgIpc) is 2.64. The summed E-state index contributed by atoms with van der Waals surface area (Å²) in [6.07, 6.45) is 3.50. The Labute approximate surface area is 108 Å². The van der Waals surface area contributed by atoms with Crippen LogP contribution in [0, 0.1) is 4.77 Å². The fourth-order valence-corrected chi connectivity index (χ4v) is 2.33. The summed E-state index contributed by atoms with van der Waals surface area (Å²) in [7, 11) is 0. The number of pyridine rings is 1. The topological polar surface area (TPSA) is 33.6 Å². The summed E-state index contributed by atoms with van der Waals surface area (Å²) in [5.41, 5.74) is 2.85. The first-order valence-electron chi connectivity index (χ1n) is 5.06. The molecule has 17 heavy (non-hydrogen) atoms. The Morgan fingerprint density at radius 1 is 1.29 bits per heavy atom. The van der Waals surface area contributed by atoms with Crippen LogP contribution in [-0.4, -0.2) is 14.5 Å². The first-order chi connectivity index (χ1) is 8.25. The molecule has 2 heterocycles. The summed E-state index contributed by atoms with van der Waals surface area (Å²) < 4.78 is 2.58. The molecule has 0 saturated heterocycles. The quantitative estimate of drug-likeness (QED) is 0.677. The molecule has 2 aromatic heterocycles. The molecule has 0 aliphatic carbocycles. The Balaban J connectivity index is 2.37. The molecule has 0 radical (unpaired) electrons. The van der Waals surface area contributed by atoms with Crippen LogP contribution in [0.5, 0.6) is 0 Å². The SMILES string of the molecule is S=c1[nH]c2cnccc2n1-c1cccc(Cl)c1. The number of halogens is 1. The molecule has 0 spiro atoms. The van der Waals surface area contributed by atoms with Crippen LogP contribution in [0.1, 0.15) is 0 Å². The summed E-state index contributed by atoms with van der Waals surface area (Å²) >= 11 is 11.3. The van der Waals surface area contributed by atoms with Gasteiger partial charge in [0.05, 0.1) is 17.2 Å². The number of fused-ring (bicyclic) bond motifs is 1. The standard InChI is InChI=1S/C12H8ClN3S/c13-8-2-1-3-9(6-8)16-11-4-5-14-7-10(11)15-12(16)17/h1-7H,(H,15,17). The van der Waals surface area contributed by atoms with Gasteiger partial charge in [0.25, 0.3) is 0 Å². The van der Waals surface area contributed by atoms with Crippen molar-refractivity contribution in [3.63, 3.8) is 0 Å².